The first-order valence-electron chi connectivity index (χ1n) is 9.29. The summed E-state index contributed by atoms with van der Waals surface area (Å²) in [6.07, 6.45) is 11.2. The van der Waals surface area contributed by atoms with Gasteiger partial charge >= 0.3 is 0 Å². The van der Waals surface area contributed by atoms with Gasteiger partial charge in [0, 0.05) is 18.7 Å². The van der Waals surface area contributed by atoms with E-state index in [2.05, 4.69) is 20.4 Å². The molecule has 4 rings (SSSR count). The van der Waals surface area contributed by atoms with Crippen molar-refractivity contribution in [1.29, 1.82) is 0 Å². The highest BCUT2D eigenvalue weighted by Crippen LogP contribution is 2.39. The summed E-state index contributed by atoms with van der Waals surface area (Å²) < 4.78 is 37.1. The van der Waals surface area contributed by atoms with Gasteiger partial charge in [-0.25, -0.2) is 8.78 Å². The molecule has 0 radical (unpaired) electrons. The van der Waals surface area contributed by atoms with Crippen LogP contribution in [0.5, 0.6) is 5.75 Å². The second-order valence-electron chi connectivity index (χ2n) is 6.52. The number of benzene rings is 1. The zero-order valence-corrected chi connectivity index (χ0v) is 16.8. The Morgan fingerprint density at radius 3 is 2.73 bits per heavy atom. The second-order valence-corrected chi connectivity index (χ2v) is 6.88. The monoisotopic (exact) mass is 429 g/mol. The Hall–Kier alpha value is -3.10. The summed E-state index contributed by atoms with van der Waals surface area (Å²) in [6, 6.07) is 2.28. The maximum Gasteiger partial charge on any atom is 0.254 e. The highest BCUT2D eigenvalue weighted by atomic mass is 35.5. The van der Waals surface area contributed by atoms with E-state index in [0.717, 1.165) is 17.7 Å². The minimum Gasteiger partial charge on any atom is -0.492 e. The van der Waals surface area contributed by atoms with E-state index in [1.807, 2.05) is 30.4 Å². The average molecular weight is 430 g/mol. The summed E-state index contributed by atoms with van der Waals surface area (Å²) in [6.45, 7) is 0.821. The van der Waals surface area contributed by atoms with Crippen molar-refractivity contribution in [2.45, 2.75) is 6.42 Å². The molecule has 154 valence electrons. The van der Waals surface area contributed by atoms with Crippen LogP contribution in [0.15, 0.2) is 48.8 Å². The Balaban J connectivity index is 1.92. The number of nitrogens with zero attached hydrogens (tertiary/aromatic N) is 4. The molecule has 0 saturated carbocycles. The third kappa shape index (κ3) is 3.83. The van der Waals surface area contributed by atoms with E-state index in [1.165, 1.54) is 10.8 Å². The van der Waals surface area contributed by atoms with Crippen molar-refractivity contribution in [3.63, 3.8) is 0 Å². The third-order valence-electron chi connectivity index (χ3n) is 4.57. The number of fused-ring (bicyclic) bond motifs is 1. The molecule has 1 aromatic carbocycles. The summed E-state index contributed by atoms with van der Waals surface area (Å²) in [7, 11) is 1.76. The zero-order valence-electron chi connectivity index (χ0n) is 16.1. The maximum atomic E-state index is 15.1. The number of hydrogen-bond acceptors (Lipinski definition) is 5. The molecule has 1 aliphatic rings. The molecule has 0 atom stereocenters. The zero-order chi connectivity index (χ0) is 21.1. The quantitative estimate of drug-likeness (QED) is 0.469. The summed E-state index contributed by atoms with van der Waals surface area (Å²) in [5, 5.41) is 7.04. The number of halogens is 3. The van der Waals surface area contributed by atoms with Crippen LogP contribution in [0.3, 0.4) is 0 Å². The number of allylic oxidation sites excluding steroid dienone is 6. The van der Waals surface area contributed by atoms with Crippen LogP contribution in [0, 0.1) is 11.6 Å². The molecule has 0 bridgehead atoms. The number of hydrogen-bond donors (Lipinski definition) is 1. The van der Waals surface area contributed by atoms with Crippen LogP contribution in [0.1, 0.15) is 12.1 Å². The first-order valence-corrected chi connectivity index (χ1v) is 9.66. The van der Waals surface area contributed by atoms with E-state index in [0.29, 0.717) is 18.7 Å². The van der Waals surface area contributed by atoms with Crippen LogP contribution in [0.25, 0.3) is 22.5 Å². The third-order valence-corrected chi connectivity index (χ3v) is 4.84. The van der Waals surface area contributed by atoms with Crippen molar-refractivity contribution in [3.8, 4) is 16.9 Å². The van der Waals surface area contributed by atoms with Gasteiger partial charge in [0.25, 0.3) is 5.78 Å². The largest absolute Gasteiger partial charge is 0.492 e. The normalized spacial score (nSPS) is 13.5. The predicted octanol–water partition coefficient (Wildman–Crippen LogP) is 4.22. The minimum atomic E-state index is -0.806. The van der Waals surface area contributed by atoms with Crippen LogP contribution in [-0.2, 0) is 0 Å². The molecule has 0 aliphatic heterocycles. The molecular weight excluding hydrogens is 412 g/mol. The first-order chi connectivity index (χ1) is 14.6. The molecule has 0 fully saturated rings. The molecule has 1 N–H and O–H groups in total. The standard InChI is InChI=1S/C21H18ClF2N5O/c1-25-8-9-30-14-10-15(23)17(16(24)11-14)18-19(13-6-4-2-3-5-7-13)29-21(26-12-27-29)28-20(18)22/h2-6,10-12,25H,7-9H2,1H3. The van der Waals surface area contributed by atoms with E-state index >= 15 is 8.78 Å². The van der Waals surface area contributed by atoms with Crippen LogP contribution < -0.4 is 10.1 Å². The van der Waals surface area contributed by atoms with E-state index in [-0.39, 0.29) is 34.4 Å². The van der Waals surface area contributed by atoms with E-state index < -0.39 is 11.6 Å². The lowest BCUT2D eigenvalue weighted by Crippen LogP contribution is -2.16. The fourth-order valence-electron chi connectivity index (χ4n) is 3.23. The lowest BCUT2D eigenvalue weighted by atomic mass is 9.97. The van der Waals surface area contributed by atoms with E-state index in [1.54, 1.807) is 7.05 Å². The lowest BCUT2D eigenvalue weighted by molar-refractivity contribution is 0.315. The Kier molecular flexibility index (Phi) is 5.87. The molecule has 0 unspecified atom stereocenters. The summed E-state index contributed by atoms with van der Waals surface area (Å²) in [5.74, 6) is -1.28. The number of nitrogens with one attached hydrogen (secondary N) is 1. The summed E-state index contributed by atoms with van der Waals surface area (Å²) in [4.78, 5) is 8.25. The van der Waals surface area contributed by atoms with Crippen molar-refractivity contribution in [3.05, 3.63) is 71.3 Å². The van der Waals surface area contributed by atoms with Crippen LogP contribution in [-0.4, -0.2) is 39.8 Å². The van der Waals surface area contributed by atoms with Crippen molar-refractivity contribution < 1.29 is 13.5 Å². The molecule has 2 aromatic heterocycles. The molecule has 0 saturated heterocycles. The predicted molar refractivity (Wildman–Crippen MR) is 111 cm³/mol. The van der Waals surface area contributed by atoms with Gasteiger partial charge in [0.05, 0.1) is 16.8 Å². The van der Waals surface area contributed by atoms with Crippen molar-refractivity contribution in [2.75, 3.05) is 20.2 Å². The van der Waals surface area contributed by atoms with Crippen molar-refractivity contribution >= 4 is 23.0 Å². The van der Waals surface area contributed by atoms with E-state index in [9.17, 15) is 0 Å². The number of aromatic nitrogens is 4. The van der Waals surface area contributed by atoms with Crippen molar-refractivity contribution in [1.82, 2.24) is 24.9 Å². The summed E-state index contributed by atoms with van der Waals surface area (Å²) in [5.41, 5.74) is 1.02. The minimum absolute atomic E-state index is 0.0646. The van der Waals surface area contributed by atoms with Gasteiger partial charge in [0.1, 0.15) is 35.5 Å². The van der Waals surface area contributed by atoms with Gasteiger partial charge in [-0.3, -0.25) is 0 Å². The number of likely N-dealkylation sites (N-methyl/N-ethyl adjacent to an activating group) is 1. The molecule has 6 nitrogen and oxygen atoms in total. The van der Waals surface area contributed by atoms with E-state index in [4.69, 9.17) is 16.3 Å². The highest BCUT2D eigenvalue weighted by molar-refractivity contribution is 6.32. The number of rotatable bonds is 6. The van der Waals surface area contributed by atoms with Crippen LogP contribution in [0.4, 0.5) is 8.78 Å². The Bertz CT molecular complexity index is 1160. The van der Waals surface area contributed by atoms with Crippen LogP contribution in [0.2, 0.25) is 5.15 Å². The topological polar surface area (TPSA) is 64.3 Å². The molecule has 3 aromatic rings. The van der Waals surface area contributed by atoms with Crippen molar-refractivity contribution in [2.24, 2.45) is 0 Å². The molecule has 0 amide bonds. The Morgan fingerprint density at radius 2 is 1.97 bits per heavy atom. The highest BCUT2D eigenvalue weighted by Gasteiger charge is 2.25. The second kappa shape index (κ2) is 8.73. The molecule has 9 heteroatoms. The maximum absolute atomic E-state index is 15.1. The fraction of sp³-hybridized carbons (Fsp3) is 0.190. The molecule has 0 spiro atoms. The Morgan fingerprint density at radius 1 is 1.17 bits per heavy atom. The smallest absolute Gasteiger partial charge is 0.254 e. The fourth-order valence-corrected chi connectivity index (χ4v) is 3.49. The average Bonchev–Trinajstić information content (AvgIpc) is 3.00. The Labute approximate surface area is 176 Å². The van der Waals surface area contributed by atoms with Gasteiger partial charge in [-0.15, -0.1) is 0 Å². The number of ether oxygens (including phenoxy) is 1. The SMILES string of the molecule is CNCCOc1cc(F)c(-c2c(Cl)nc3ncnn3c2C2=CC=CC=CC2)c(F)c1. The van der Waals surface area contributed by atoms with Crippen LogP contribution >= 0.6 is 11.6 Å². The van der Waals surface area contributed by atoms with Gasteiger partial charge in [0.15, 0.2) is 0 Å². The molecule has 30 heavy (non-hydrogen) atoms. The lowest BCUT2D eigenvalue weighted by Gasteiger charge is -2.16. The molecule has 1 aliphatic carbocycles. The summed E-state index contributed by atoms with van der Waals surface area (Å²) >= 11 is 6.42. The van der Waals surface area contributed by atoms with Gasteiger partial charge in [0.2, 0.25) is 0 Å². The molecular formula is C21H18ClF2N5O. The molecule has 2 heterocycles. The van der Waals surface area contributed by atoms with Gasteiger partial charge < -0.3 is 10.1 Å². The first kappa shape index (κ1) is 20.2. The van der Waals surface area contributed by atoms with Gasteiger partial charge in [-0.1, -0.05) is 42.0 Å². The van der Waals surface area contributed by atoms with Gasteiger partial charge in [-0.05, 0) is 19.0 Å². The van der Waals surface area contributed by atoms with Gasteiger partial charge in [-0.2, -0.15) is 19.6 Å².